The normalized spacial score (nSPS) is 10.1. The Morgan fingerprint density at radius 1 is 1.50 bits per heavy atom. The summed E-state index contributed by atoms with van der Waals surface area (Å²) in [6, 6.07) is 5.56. The average molecular weight is 229 g/mol. The molecule has 0 N–H and O–H groups in total. The van der Waals surface area contributed by atoms with Gasteiger partial charge in [0.05, 0.1) is 5.02 Å². The van der Waals surface area contributed by atoms with Crippen LogP contribution in [0.15, 0.2) is 23.1 Å². The highest BCUT2D eigenvalue weighted by atomic mass is 35.5. The van der Waals surface area contributed by atoms with Crippen molar-refractivity contribution < 1.29 is 4.79 Å². The summed E-state index contributed by atoms with van der Waals surface area (Å²) in [5.74, 6) is 1.04. The lowest BCUT2D eigenvalue weighted by Crippen LogP contribution is -1.88. The molecule has 0 fully saturated rings. The molecule has 0 unspecified atom stereocenters. The van der Waals surface area contributed by atoms with Gasteiger partial charge >= 0.3 is 0 Å². The third-order valence-corrected chi connectivity index (χ3v) is 3.38. The standard InChI is InChI=1S/C11H13ClOS/c1-2-3-7-14-11-6-4-5-10(12)9(11)8-13/h4-6,8H,2-3,7H2,1H3. The highest BCUT2D eigenvalue weighted by molar-refractivity contribution is 7.99. The molecule has 1 aromatic carbocycles. The summed E-state index contributed by atoms with van der Waals surface area (Å²) in [5.41, 5.74) is 0.621. The molecule has 14 heavy (non-hydrogen) atoms. The van der Waals surface area contributed by atoms with Crippen molar-refractivity contribution in [2.75, 3.05) is 5.75 Å². The van der Waals surface area contributed by atoms with Crippen molar-refractivity contribution in [1.29, 1.82) is 0 Å². The van der Waals surface area contributed by atoms with E-state index < -0.39 is 0 Å². The van der Waals surface area contributed by atoms with Crippen molar-refractivity contribution >= 4 is 29.6 Å². The SMILES string of the molecule is CCCCSc1cccc(Cl)c1C=O. The van der Waals surface area contributed by atoms with Gasteiger partial charge in [0, 0.05) is 10.5 Å². The summed E-state index contributed by atoms with van der Waals surface area (Å²) in [6.07, 6.45) is 3.16. The van der Waals surface area contributed by atoms with Crippen LogP contribution in [0, 0.1) is 0 Å². The average Bonchev–Trinajstić information content (AvgIpc) is 2.18. The number of carbonyl (C=O) groups excluding carboxylic acids is 1. The maximum Gasteiger partial charge on any atom is 0.152 e. The second-order valence-electron chi connectivity index (χ2n) is 2.97. The molecule has 1 aromatic rings. The molecule has 76 valence electrons. The fourth-order valence-electron chi connectivity index (χ4n) is 1.08. The minimum Gasteiger partial charge on any atom is -0.298 e. The molecular weight excluding hydrogens is 216 g/mol. The first-order chi connectivity index (χ1) is 6.79. The lowest BCUT2D eigenvalue weighted by Gasteiger charge is -2.04. The minimum absolute atomic E-state index is 0.543. The van der Waals surface area contributed by atoms with Gasteiger partial charge in [-0.05, 0) is 24.3 Å². The smallest absolute Gasteiger partial charge is 0.152 e. The van der Waals surface area contributed by atoms with E-state index in [4.69, 9.17) is 11.6 Å². The van der Waals surface area contributed by atoms with E-state index in [-0.39, 0.29) is 0 Å². The summed E-state index contributed by atoms with van der Waals surface area (Å²) < 4.78 is 0. The number of thioether (sulfide) groups is 1. The Hall–Kier alpha value is -0.470. The topological polar surface area (TPSA) is 17.1 Å². The Bertz CT molecular complexity index is 312. The van der Waals surface area contributed by atoms with E-state index in [0.29, 0.717) is 10.6 Å². The molecule has 0 bridgehead atoms. The summed E-state index contributed by atoms with van der Waals surface area (Å²) >= 11 is 7.59. The molecule has 1 nitrogen and oxygen atoms in total. The molecule has 0 heterocycles. The second kappa shape index (κ2) is 6.10. The molecule has 0 saturated carbocycles. The molecule has 0 saturated heterocycles. The van der Waals surface area contributed by atoms with Crippen LogP contribution in [0.1, 0.15) is 30.1 Å². The van der Waals surface area contributed by atoms with Crippen LogP contribution in [0.2, 0.25) is 5.02 Å². The molecule has 0 aliphatic carbocycles. The quantitative estimate of drug-likeness (QED) is 0.430. The second-order valence-corrected chi connectivity index (χ2v) is 4.52. The van der Waals surface area contributed by atoms with Crippen LogP contribution < -0.4 is 0 Å². The van der Waals surface area contributed by atoms with E-state index in [0.717, 1.165) is 23.4 Å². The van der Waals surface area contributed by atoms with Crippen molar-refractivity contribution in [3.63, 3.8) is 0 Å². The molecule has 0 aliphatic rings. The zero-order chi connectivity index (χ0) is 10.4. The van der Waals surface area contributed by atoms with Crippen LogP contribution in [0.4, 0.5) is 0 Å². The summed E-state index contributed by atoms with van der Waals surface area (Å²) in [4.78, 5) is 11.8. The highest BCUT2D eigenvalue weighted by Gasteiger charge is 2.05. The van der Waals surface area contributed by atoms with Crippen molar-refractivity contribution in [3.8, 4) is 0 Å². The van der Waals surface area contributed by atoms with Gasteiger partial charge < -0.3 is 0 Å². The first-order valence-electron chi connectivity index (χ1n) is 4.66. The number of hydrogen-bond donors (Lipinski definition) is 0. The van der Waals surface area contributed by atoms with Gasteiger partial charge in [-0.1, -0.05) is 31.0 Å². The Balaban J connectivity index is 2.75. The summed E-state index contributed by atoms with van der Waals surface area (Å²) in [7, 11) is 0. The zero-order valence-electron chi connectivity index (χ0n) is 8.13. The van der Waals surface area contributed by atoms with Crippen molar-refractivity contribution in [1.82, 2.24) is 0 Å². The van der Waals surface area contributed by atoms with Gasteiger partial charge in [-0.2, -0.15) is 0 Å². The molecule has 0 spiro atoms. The van der Waals surface area contributed by atoms with E-state index in [1.165, 1.54) is 6.42 Å². The molecular formula is C11H13ClOS. The predicted molar refractivity (Wildman–Crippen MR) is 62.5 cm³/mol. The zero-order valence-corrected chi connectivity index (χ0v) is 9.70. The van der Waals surface area contributed by atoms with E-state index in [2.05, 4.69) is 6.92 Å². The number of aldehydes is 1. The first kappa shape index (κ1) is 11.6. The van der Waals surface area contributed by atoms with Crippen LogP contribution in [0.5, 0.6) is 0 Å². The molecule has 1 rings (SSSR count). The van der Waals surface area contributed by atoms with Crippen LogP contribution in [-0.2, 0) is 0 Å². The fraction of sp³-hybridized carbons (Fsp3) is 0.364. The number of hydrogen-bond acceptors (Lipinski definition) is 2. The van der Waals surface area contributed by atoms with Gasteiger partial charge in [0.15, 0.2) is 6.29 Å². The lowest BCUT2D eigenvalue weighted by atomic mass is 10.2. The maximum atomic E-state index is 10.8. The van der Waals surface area contributed by atoms with E-state index >= 15 is 0 Å². The molecule has 0 radical (unpaired) electrons. The number of benzene rings is 1. The molecule has 0 atom stereocenters. The van der Waals surface area contributed by atoms with Gasteiger partial charge in [0.2, 0.25) is 0 Å². The first-order valence-corrected chi connectivity index (χ1v) is 6.02. The van der Waals surface area contributed by atoms with Gasteiger partial charge in [0.25, 0.3) is 0 Å². The number of rotatable bonds is 5. The Morgan fingerprint density at radius 3 is 2.93 bits per heavy atom. The van der Waals surface area contributed by atoms with E-state index in [1.54, 1.807) is 17.8 Å². The van der Waals surface area contributed by atoms with Crippen LogP contribution in [0.3, 0.4) is 0 Å². The number of unbranched alkanes of at least 4 members (excludes halogenated alkanes) is 1. The van der Waals surface area contributed by atoms with Crippen LogP contribution in [0.25, 0.3) is 0 Å². The third-order valence-electron chi connectivity index (χ3n) is 1.89. The van der Waals surface area contributed by atoms with Gasteiger partial charge in [-0.25, -0.2) is 0 Å². The van der Waals surface area contributed by atoms with Crippen molar-refractivity contribution in [2.24, 2.45) is 0 Å². The third kappa shape index (κ3) is 3.03. The van der Waals surface area contributed by atoms with E-state index in [1.807, 2.05) is 12.1 Å². The van der Waals surface area contributed by atoms with Crippen LogP contribution >= 0.6 is 23.4 Å². The minimum atomic E-state index is 0.543. The Labute approximate surface area is 93.8 Å². The van der Waals surface area contributed by atoms with Gasteiger partial charge in [-0.3, -0.25) is 4.79 Å². The largest absolute Gasteiger partial charge is 0.298 e. The van der Waals surface area contributed by atoms with Crippen LogP contribution in [-0.4, -0.2) is 12.0 Å². The van der Waals surface area contributed by atoms with Crippen molar-refractivity contribution in [3.05, 3.63) is 28.8 Å². The highest BCUT2D eigenvalue weighted by Crippen LogP contribution is 2.27. The predicted octanol–water partition coefficient (Wildman–Crippen LogP) is 4.04. The summed E-state index contributed by atoms with van der Waals surface area (Å²) in [5, 5.41) is 0.543. The maximum absolute atomic E-state index is 10.8. The Kier molecular flexibility index (Phi) is 5.05. The number of carbonyl (C=O) groups is 1. The molecule has 0 aliphatic heterocycles. The van der Waals surface area contributed by atoms with E-state index in [9.17, 15) is 4.79 Å². The fourth-order valence-corrected chi connectivity index (χ4v) is 2.50. The van der Waals surface area contributed by atoms with Crippen molar-refractivity contribution in [2.45, 2.75) is 24.7 Å². The van der Waals surface area contributed by atoms with Gasteiger partial charge in [-0.15, -0.1) is 11.8 Å². The Morgan fingerprint density at radius 2 is 2.29 bits per heavy atom. The summed E-state index contributed by atoms with van der Waals surface area (Å²) in [6.45, 7) is 2.15. The molecule has 0 aromatic heterocycles. The lowest BCUT2D eigenvalue weighted by molar-refractivity contribution is 0.112. The van der Waals surface area contributed by atoms with Gasteiger partial charge in [0.1, 0.15) is 0 Å². The number of halogens is 1. The molecule has 0 amide bonds. The monoisotopic (exact) mass is 228 g/mol. The molecule has 3 heteroatoms.